The number of hydrogen-bond donors (Lipinski definition) is 2. The van der Waals surface area contributed by atoms with Crippen LogP contribution in [0.1, 0.15) is 16.1 Å². The minimum atomic E-state index is -0.335. The van der Waals surface area contributed by atoms with Gasteiger partial charge in [-0.3, -0.25) is 9.59 Å². The molecule has 2 heterocycles. The van der Waals surface area contributed by atoms with E-state index in [-0.39, 0.29) is 17.2 Å². The molecule has 0 radical (unpaired) electrons. The molecule has 134 valence electrons. The molecule has 0 aliphatic rings. The maximum Gasteiger partial charge on any atom is 0.273 e. The molecule has 0 bridgehead atoms. The smallest absolute Gasteiger partial charge is 0.273 e. The number of nitrogens with zero attached hydrogens (tertiary/aromatic N) is 1. The lowest BCUT2D eigenvalue weighted by atomic mass is 10.1. The summed E-state index contributed by atoms with van der Waals surface area (Å²) in [6.07, 6.45) is 0.426. The van der Waals surface area contributed by atoms with Gasteiger partial charge in [-0.25, -0.2) is 0 Å². The molecule has 2 N–H and O–H groups in total. The first-order chi connectivity index (χ1) is 13.2. The maximum atomic E-state index is 12.3. The third-order valence-corrected chi connectivity index (χ3v) is 4.31. The molecule has 1 amide bonds. The van der Waals surface area contributed by atoms with E-state index in [9.17, 15) is 9.59 Å². The van der Waals surface area contributed by atoms with Gasteiger partial charge in [0.25, 0.3) is 11.5 Å². The van der Waals surface area contributed by atoms with Crippen LogP contribution in [0.4, 0.5) is 0 Å². The number of benzene rings is 2. The Morgan fingerprint density at radius 2 is 1.81 bits per heavy atom. The number of fused-ring (bicyclic) bond motifs is 1. The molecule has 2 aromatic carbocycles. The lowest BCUT2D eigenvalue weighted by molar-refractivity contribution is 0.0945. The standard InChI is InChI=1S/C21H17N3O3/c25-20-16(12-15-8-4-5-9-17(15)23-20)10-11-22-21(26)18-13-19(27-24-18)14-6-2-1-3-7-14/h1-9,12-13H,10-11H2,(H,22,26)(H,23,25). The normalized spacial score (nSPS) is 10.8. The summed E-state index contributed by atoms with van der Waals surface area (Å²) in [6.45, 7) is 0.327. The Kier molecular flexibility index (Phi) is 4.53. The third kappa shape index (κ3) is 3.64. The van der Waals surface area contributed by atoms with E-state index in [4.69, 9.17) is 4.52 Å². The van der Waals surface area contributed by atoms with Crippen molar-refractivity contribution >= 4 is 16.8 Å². The Labute approximate surface area is 154 Å². The van der Waals surface area contributed by atoms with E-state index in [2.05, 4.69) is 15.5 Å². The molecule has 0 saturated carbocycles. The monoisotopic (exact) mass is 359 g/mol. The largest absolute Gasteiger partial charge is 0.355 e. The molecular formula is C21H17N3O3. The molecule has 0 saturated heterocycles. The molecule has 0 atom stereocenters. The molecule has 4 aromatic rings. The molecule has 27 heavy (non-hydrogen) atoms. The molecular weight excluding hydrogens is 342 g/mol. The van der Waals surface area contributed by atoms with Gasteiger partial charge in [0.1, 0.15) is 0 Å². The number of aromatic amines is 1. The number of carbonyl (C=O) groups excluding carboxylic acids is 1. The highest BCUT2D eigenvalue weighted by Gasteiger charge is 2.13. The Morgan fingerprint density at radius 3 is 2.67 bits per heavy atom. The van der Waals surface area contributed by atoms with E-state index in [0.29, 0.717) is 24.3 Å². The van der Waals surface area contributed by atoms with Crippen molar-refractivity contribution in [3.05, 3.63) is 88.3 Å². The molecule has 0 aliphatic heterocycles. The van der Waals surface area contributed by atoms with E-state index in [1.54, 1.807) is 6.07 Å². The van der Waals surface area contributed by atoms with E-state index < -0.39 is 0 Å². The number of amides is 1. The highest BCUT2D eigenvalue weighted by Crippen LogP contribution is 2.19. The van der Waals surface area contributed by atoms with Gasteiger partial charge in [0, 0.05) is 29.3 Å². The van der Waals surface area contributed by atoms with Crippen LogP contribution in [-0.2, 0) is 6.42 Å². The predicted molar refractivity (Wildman–Crippen MR) is 103 cm³/mol. The maximum absolute atomic E-state index is 12.3. The van der Waals surface area contributed by atoms with Crippen molar-refractivity contribution in [2.75, 3.05) is 6.54 Å². The third-order valence-electron chi connectivity index (χ3n) is 4.31. The Hall–Kier alpha value is -3.67. The Balaban J connectivity index is 1.41. The number of aromatic nitrogens is 2. The lowest BCUT2D eigenvalue weighted by Gasteiger charge is -2.04. The molecule has 0 spiro atoms. The number of rotatable bonds is 5. The summed E-state index contributed by atoms with van der Waals surface area (Å²) in [5.41, 5.74) is 2.34. The van der Waals surface area contributed by atoms with Gasteiger partial charge >= 0.3 is 0 Å². The Bertz CT molecular complexity index is 1150. The Morgan fingerprint density at radius 1 is 1.04 bits per heavy atom. The van der Waals surface area contributed by atoms with Crippen molar-refractivity contribution in [3.63, 3.8) is 0 Å². The molecule has 0 unspecified atom stereocenters. The summed E-state index contributed by atoms with van der Waals surface area (Å²) in [4.78, 5) is 27.3. The van der Waals surface area contributed by atoms with Crippen LogP contribution < -0.4 is 10.9 Å². The highest BCUT2D eigenvalue weighted by molar-refractivity contribution is 5.93. The van der Waals surface area contributed by atoms with Gasteiger partial charge in [-0.15, -0.1) is 0 Å². The fourth-order valence-electron chi connectivity index (χ4n) is 2.90. The van der Waals surface area contributed by atoms with Crippen molar-refractivity contribution in [1.29, 1.82) is 0 Å². The molecule has 0 fully saturated rings. The second kappa shape index (κ2) is 7.29. The van der Waals surface area contributed by atoms with Crippen molar-refractivity contribution in [2.45, 2.75) is 6.42 Å². The summed E-state index contributed by atoms with van der Waals surface area (Å²) in [6, 6.07) is 20.5. The van der Waals surface area contributed by atoms with Crippen LogP contribution in [0.5, 0.6) is 0 Å². The van der Waals surface area contributed by atoms with Crippen LogP contribution in [0.25, 0.3) is 22.2 Å². The van der Waals surface area contributed by atoms with Crippen LogP contribution in [-0.4, -0.2) is 22.6 Å². The lowest BCUT2D eigenvalue weighted by Crippen LogP contribution is -2.27. The van der Waals surface area contributed by atoms with Gasteiger partial charge in [-0.1, -0.05) is 53.7 Å². The zero-order valence-corrected chi connectivity index (χ0v) is 14.4. The molecule has 6 nitrogen and oxygen atoms in total. The van der Waals surface area contributed by atoms with Gasteiger partial charge in [-0.05, 0) is 23.9 Å². The first-order valence-electron chi connectivity index (χ1n) is 8.62. The van der Waals surface area contributed by atoms with E-state index in [1.165, 1.54) is 0 Å². The minimum absolute atomic E-state index is 0.143. The average Bonchev–Trinajstić information content (AvgIpc) is 3.19. The van der Waals surface area contributed by atoms with Crippen LogP contribution in [0.15, 0.2) is 76.0 Å². The van der Waals surface area contributed by atoms with Gasteiger partial charge in [0.05, 0.1) is 0 Å². The topological polar surface area (TPSA) is 88.0 Å². The molecule has 0 aliphatic carbocycles. The van der Waals surface area contributed by atoms with Crippen LogP contribution in [0.3, 0.4) is 0 Å². The fourth-order valence-corrected chi connectivity index (χ4v) is 2.90. The van der Waals surface area contributed by atoms with Crippen molar-refractivity contribution < 1.29 is 9.32 Å². The zero-order chi connectivity index (χ0) is 18.6. The summed E-state index contributed by atoms with van der Waals surface area (Å²) >= 11 is 0. The number of hydrogen-bond acceptors (Lipinski definition) is 4. The number of nitrogens with one attached hydrogen (secondary N) is 2. The molecule has 2 aromatic heterocycles. The SMILES string of the molecule is O=C(NCCc1cc2ccccc2[nH]c1=O)c1cc(-c2ccccc2)on1. The highest BCUT2D eigenvalue weighted by atomic mass is 16.5. The number of pyridine rings is 1. The molecule has 6 heteroatoms. The van der Waals surface area contributed by atoms with Crippen molar-refractivity contribution in [3.8, 4) is 11.3 Å². The fraction of sp³-hybridized carbons (Fsp3) is 0.0952. The first kappa shape index (κ1) is 16.8. The molecule has 4 rings (SSSR count). The van der Waals surface area contributed by atoms with E-state index in [0.717, 1.165) is 16.5 Å². The van der Waals surface area contributed by atoms with Gasteiger partial charge < -0.3 is 14.8 Å². The van der Waals surface area contributed by atoms with Crippen LogP contribution >= 0.6 is 0 Å². The summed E-state index contributed by atoms with van der Waals surface area (Å²) in [7, 11) is 0. The van der Waals surface area contributed by atoms with Gasteiger partial charge in [0.2, 0.25) is 0 Å². The second-order valence-corrected chi connectivity index (χ2v) is 6.16. The van der Waals surface area contributed by atoms with E-state index >= 15 is 0 Å². The van der Waals surface area contributed by atoms with Gasteiger partial charge in [0.15, 0.2) is 11.5 Å². The zero-order valence-electron chi connectivity index (χ0n) is 14.4. The second-order valence-electron chi connectivity index (χ2n) is 6.16. The number of H-pyrrole nitrogens is 1. The number of para-hydroxylation sites is 1. The van der Waals surface area contributed by atoms with Crippen molar-refractivity contribution in [1.82, 2.24) is 15.5 Å². The number of carbonyl (C=O) groups is 1. The summed E-state index contributed by atoms with van der Waals surface area (Å²) in [5.74, 6) is 0.199. The minimum Gasteiger partial charge on any atom is -0.355 e. The average molecular weight is 359 g/mol. The summed E-state index contributed by atoms with van der Waals surface area (Å²) in [5, 5.41) is 7.56. The first-order valence-corrected chi connectivity index (χ1v) is 8.62. The summed E-state index contributed by atoms with van der Waals surface area (Å²) < 4.78 is 5.24. The van der Waals surface area contributed by atoms with E-state index in [1.807, 2.05) is 60.7 Å². The van der Waals surface area contributed by atoms with Gasteiger partial charge in [-0.2, -0.15) is 0 Å². The van der Waals surface area contributed by atoms with Crippen LogP contribution in [0, 0.1) is 0 Å². The van der Waals surface area contributed by atoms with Crippen LogP contribution in [0.2, 0.25) is 0 Å². The predicted octanol–water partition coefficient (Wildman–Crippen LogP) is 3.16. The van der Waals surface area contributed by atoms with Crippen molar-refractivity contribution in [2.24, 2.45) is 0 Å². The quantitative estimate of drug-likeness (QED) is 0.573.